The number of rotatable bonds is 47. The van der Waals surface area contributed by atoms with Crippen LogP contribution in [0.4, 0.5) is 0 Å². The summed E-state index contributed by atoms with van der Waals surface area (Å²) in [6.07, 6.45) is 23.2. The van der Waals surface area contributed by atoms with Crippen LogP contribution in [0.2, 0.25) is 0 Å². The largest absolute Gasteiger partial charge is 0.494 e. The quantitative estimate of drug-likeness (QED) is 0.0171. The fraction of sp³-hybridized carbons (Fsp3) is 0.545. The Balaban J connectivity index is 1.26. The zero-order valence-corrected chi connectivity index (χ0v) is 48.9. The summed E-state index contributed by atoms with van der Waals surface area (Å²) in [4.78, 5) is 73.6. The lowest BCUT2D eigenvalue weighted by Gasteiger charge is -2.18. The highest BCUT2D eigenvalue weighted by Gasteiger charge is 2.20. The number of benzene rings is 3. The van der Waals surface area contributed by atoms with Gasteiger partial charge >= 0.3 is 35.8 Å². The zero-order valence-electron chi connectivity index (χ0n) is 48.9. The SMILES string of the molecule is C=C(C(=O)OC)c1ccc(OCCCCCCCCCCC(=O)OCCC(OC(=O)CCCCCCCCCCOc2ccc(C(=C)C(=O)OC)cc2)OC(=O)CCCCCCCCCCOc2ccc(C(=C)C(=O)OC)cc2)cc1. The van der Waals surface area contributed by atoms with Crippen LogP contribution in [0.3, 0.4) is 0 Å². The summed E-state index contributed by atoms with van der Waals surface area (Å²) in [5.41, 5.74) is 3.01. The first-order valence-corrected chi connectivity index (χ1v) is 29.4. The van der Waals surface area contributed by atoms with Gasteiger partial charge in [0.15, 0.2) is 0 Å². The molecular formula is C66H92O15. The fourth-order valence-corrected chi connectivity index (χ4v) is 8.74. The molecule has 15 nitrogen and oxygen atoms in total. The van der Waals surface area contributed by atoms with Gasteiger partial charge in [-0.15, -0.1) is 0 Å². The molecule has 0 unspecified atom stereocenters. The molecule has 0 atom stereocenters. The van der Waals surface area contributed by atoms with Gasteiger partial charge < -0.3 is 42.6 Å². The maximum atomic E-state index is 12.9. The Bertz CT molecular complexity index is 2210. The van der Waals surface area contributed by atoms with Gasteiger partial charge in [0.05, 0.1) is 70.9 Å². The van der Waals surface area contributed by atoms with Crippen LogP contribution in [-0.4, -0.2) is 89.9 Å². The number of esters is 6. The average molecular weight is 1130 g/mol. The monoisotopic (exact) mass is 1120 g/mol. The highest BCUT2D eigenvalue weighted by atomic mass is 16.7. The molecule has 0 amide bonds. The van der Waals surface area contributed by atoms with Gasteiger partial charge in [-0.1, -0.05) is 172 Å². The van der Waals surface area contributed by atoms with Gasteiger partial charge in [0.1, 0.15) is 17.2 Å². The number of hydrogen-bond donors (Lipinski definition) is 0. The van der Waals surface area contributed by atoms with Gasteiger partial charge in [0, 0.05) is 19.3 Å². The maximum absolute atomic E-state index is 12.9. The van der Waals surface area contributed by atoms with Gasteiger partial charge in [-0.05, 0) is 91.6 Å². The number of carbonyl (C=O) groups is 6. The van der Waals surface area contributed by atoms with Crippen LogP contribution in [-0.2, 0) is 57.2 Å². The molecule has 446 valence electrons. The summed E-state index contributed by atoms with van der Waals surface area (Å²) in [7, 11) is 3.99. The second kappa shape index (κ2) is 42.9. The second-order valence-electron chi connectivity index (χ2n) is 20.2. The number of unbranched alkanes of at least 4 members (excludes halogenated alkanes) is 21. The predicted octanol–water partition coefficient (Wildman–Crippen LogP) is 14.7. The van der Waals surface area contributed by atoms with E-state index in [1.807, 2.05) is 36.4 Å². The lowest BCUT2D eigenvalue weighted by atomic mass is 10.1. The number of ether oxygens (including phenoxy) is 9. The Kier molecular flexibility index (Phi) is 36.2. The van der Waals surface area contributed by atoms with E-state index in [4.69, 9.17) is 42.6 Å². The van der Waals surface area contributed by atoms with Gasteiger partial charge in [0.25, 0.3) is 6.29 Å². The molecule has 0 heterocycles. The minimum Gasteiger partial charge on any atom is -0.494 e. The van der Waals surface area contributed by atoms with Crippen molar-refractivity contribution >= 4 is 52.5 Å². The highest BCUT2D eigenvalue weighted by Crippen LogP contribution is 2.23. The number of carbonyl (C=O) groups excluding carboxylic acids is 6. The van der Waals surface area contributed by atoms with Crippen molar-refractivity contribution in [3.63, 3.8) is 0 Å². The van der Waals surface area contributed by atoms with Crippen LogP contribution in [0.5, 0.6) is 17.2 Å². The van der Waals surface area contributed by atoms with Crippen LogP contribution in [0.15, 0.2) is 92.5 Å². The molecule has 3 aromatic carbocycles. The molecule has 0 saturated heterocycles. The van der Waals surface area contributed by atoms with Crippen LogP contribution in [0.1, 0.15) is 196 Å². The number of methoxy groups -OCH3 is 3. The molecular weight excluding hydrogens is 1030 g/mol. The Morgan fingerprint density at radius 2 is 0.580 bits per heavy atom. The fourth-order valence-electron chi connectivity index (χ4n) is 8.74. The van der Waals surface area contributed by atoms with Crippen LogP contribution in [0, 0.1) is 0 Å². The molecule has 0 spiro atoms. The van der Waals surface area contributed by atoms with Crippen molar-refractivity contribution < 1.29 is 71.4 Å². The summed E-state index contributed by atoms with van der Waals surface area (Å²) in [5.74, 6) is -0.347. The zero-order chi connectivity index (χ0) is 58.7. The van der Waals surface area contributed by atoms with Gasteiger partial charge in [-0.3, -0.25) is 14.4 Å². The first kappa shape index (κ1) is 68.4. The third-order valence-corrected chi connectivity index (χ3v) is 13.7. The molecule has 15 heteroatoms. The minimum absolute atomic E-state index is 0.0212. The van der Waals surface area contributed by atoms with Gasteiger partial charge in [0.2, 0.25) is 0 Å². The molecule has 0 aliphatic heterocycles. The van der Waals surface area contributed by atoms with Crippen molar-refractivity contribution in [3.05, 3.63) is 109 Å². The van der Waals surface area contributed by atoms with E-state index in [0.717, 1.165) is 159 Å². The molecule has 0 N–H and O–H groups in total. The van der Waals surface area contributed by atoms with Crippen LogP contribution < -0.4 is 14.2 Å². The molecule has 3 rings (SSSR count). The molecule has 0 aliphatic carbocycles. The third kappa shape index (κ3) is 31.0. The Morgan fingerprint density at radius 1 is 0.333 bits per heavy atom. The summed E-state index contributed by atoms with van der Waals surface area (Å²) < 4.78 is 48.5. The van der Waals surface area contributed by atoms with E-state index in [-0.39, 0.29) is 31.8 Å². The third-order valence-electron chi connectivity index (χ3n) is 13.7. The first-order chi connectivity index (χ1) is 39.3. The molecule has 0 aromatic heterocycles. The van der Waals surface area contributed by atoms with Gasteiger partial charge in [-0.2, -0.15) is 0 Å². The number of hydrogen-bond acceptors (Lipinski definition) is 15. The molecule has 0 saturated carbocycles. The van der Waals surface area contributed by atoms with Crippen molar-refractivity contribution in [2.45, 2.75) is 186 Å². The lowest BCUT2D eigenvalue weighted by molar-refractivity contribution is -0.191. The van der Waals surface area contributed by atoms with Crippen molar-refractivity contribution in [3.8, 4) is 17.2 Å². The van der Waals surface area contributed by atoms with Crippen molar-refractivity contribution in [2.24, 2.45) is 0 Å². The van der Waals surface area contributed by atoms with E-state index in [9.17, 15) is 28.8 Å². The molecule has 0 aliphatic rings. The van der Waals surface area contributed by atoms with E-state index >= 15 is 0 Å². The second-order valence-corrected chi connectivity index (χ2v) is 20.2. The summed E-state index contributed by atoms with van der Waals surface area (Å²) in [5, 5.41) is 0. The lowest BCUT2D eigenvalue weighted by Crippen LogP contribution is -2.26. The smallest absolute Gasteiger partial charge is 0.337 e. The summed E-state index contributed by atoms with van der Waals surface area (Å²) in [6, 6.07) is 21.7. The minimum atomic E-state index is -1.12. The Hall–Kier alpha value is -6.90. The Morgan fingerprint density at radius 3 is 0.852 bits per heavy atom. The van der Waals surface area contributed by atoms with E-state index in [1.165, 1.54) is 21.3 Å². The van der Waals surface area contributed by atoms with Crippen LogP contribution in [0.25, 0.3) is 16.7 Å². The predicted molar refractivity (Wildman–Crippen MR) is 315 cm³/mol. The molecule has 0 bridgehead atoms. The standard InChI is InChI=1S/C66H92O15/c1-51(64(70)73-4)54-34-40-57(41-35-54)76-47-28-22-16-10-7-13-19-25-31-60(67)79-50-46-63(80-61(68)32-26-20-14-8-11-17-23-29-48-77-58-42-36-55(37-43-58)52(2)65(71)74-5)81-62(69)33-27-21-15-9-12-18-24-30-49-78-59-44-38-56(39-45-59)53(3)66(72)75-6/h34-45,63H,1-3,7-33,46-50H2,4-6H3. The normalized spacial score (nSPS) is 10.8. The van der Waals surface area contributed by atoms with Crippen molar-refractivity contribution in [1.82, 2.24) is 0 Å². The summed E-state index contributed by atoms with van der Waals surface area (Å²) >= 11 is 0. The van der Waals surface area contributed by atoms with E-state index in [1.54, 1.807) is 36.4 Å². The molecule has 0 radical (unpaired) electrons. The van der Waals surface area contributed by atoms with E-state index < -0.39 is 36.1 Å². The summed E-state index contributed by atoms with van der Waals surface area (Å²) in [6.45, 7) is 13.1. The van der Waals surface area contributed by atoms with E-state index in [2.05, 4.69) is 19.7 Å². The Labute approximate surface area is 482 Å². The average Bonchev–Trinajstić information content (AvgIpc) is 3.48. The maximum Gasteiger partial charge on any atom is 0.337 e. The topological polar surface area (TPSA) is 185 Å². The van der Waals surface area contributed by atoms with Gasteiger partial charge in [-0.25, -0.2) is 14.4 Å². The molecule has 81 heavy (non-hydrogen) atoms. The van der Waals surface area contributed by atoms with Crippen molar-refractivity contribution in [1.29, 1.82) is 0 Å². The molecule has 0 fully saturated rings. The first-order valence-electron chi connectivity index (χ1n) is 29.4. The van der Waals surface area contributed by atoms with Crippen LogP contribution >= 0.6 is 0 Å². The van der Waals surface area contributed by atoms with E-state index in [0.29, 0.717) is 72.5 Å². The molecule has 3 aromatic rings. The highest BCUT2D eigenvalue weighted by molar-refractivity contribution is 6.16. The van der Waals surface area contributed by atoms with Crippen molar-refractivity contribution in [2.75, 3.05) is 47.8 Å².